The molecule has 2 aromatic rings. The number of nitrogens with one attached hydrogen (secondary N) is 3. The molecule has 5 N–H and O–H groups in total. The second-order valence-electron chi connectivity index (χ2n) is 15.8. The molecule has 0 aliphatic carbocycles. The number of nitro benzene ring substituents is 1. The van der Waals surface area contributed by atoms with Crippen LogP contribution in [0.1, 0.15) is 121 Å². The summed E-state index contributed by atoms with van der Waals surface area (Å²) in [5.41, 5.74) is 0.561. The van der Waals surface area contributed by atoms with Crippen LogP contribution in [-0.2, 0) is 30.3 Å². The topological polar surface area (TPSA) is 230 Å². The van der Waals surface area contributed by atoms with Crippen molar-refractivity contribution in [2.75, 3.05) is 13.3 Å². The molecule has 0 spiro atoms. The number of hydrogen-bond acceptors (Lipinski definition) is 12. The van der Waals surface area contributed by atoms with Gasteiger partial charge in [-0.25, -0.2) is 4.98 Å². The normalized spacial score (nSPS) is 17.5. The molecular weight excluding hydrogens is 757 g/mol. The van der Waals surface area contributed by atoms with Crippen molar-refractivity contribution in [2.45, 2.75) is 130 Å². The zero-order valence-corrected chi connectivity index (χ0v) is 34.9. The van der Waals surface area contributed by atoms with Crippen LogP contribution >= 0.6 is 11.3 Å². The fraction of sp³-hybridized carbons (Fsp3) is 0.650. The molecule has 57 heavy (non-hydrogen) atoms. The number of esters is 1. The summed E-state index contributed by atoms with van der Waals surface area (Å²) in [5.74, 6) is -4.13. The fourth-order valence-corrected chi connectivity index (χ4v) is 7.50. The first-order valence-corrected chi connectivity index (χ1v) is 20.7. The summed E-state index contributed by atoms with van der Waals surface area (Å²) in [4.78, 5) is 82.3. The Kier molecular flexibility index (Phi) is 18.5. The Hall–Kier alpha value is -4.48. The minimum absolute atomic E-state index is 0.00163. The van der Waals surface area contributed by atoms with E-state index >= 15 is 0 Å². The first kappa shape index (κ1) is 46.9. The van der Waals surface area contributed by atoms with E-state index < -0.39 is 64.9 Å². The highest BCUT2D eigenvalue weighted by Gasteiger charge is 2.38. The molecule has 1 aromatic heterocycles. The molecule has 17 heteroatoms. The van der Waals surface area contributed by atoms with Gasteiger partial charge in [0.15, 0.2) is 6.73 Å². The van der Waals surface area contributed by atoms with Gasteiger partial charge in [-0.3, -0.25) is 34.1 Å². The predicted molar refractivity (Wildman–Crippen MR) is 214 cm³/mol. The van der Waals surface area contributed by atoms with E-state index in [1.807, 2.05) is 41.5 Å². The minimum atomic E-state index is -1.24. The van der Waals surface area contributed by atoms with Gasteiger partial charge >= 0.3 is 11.9 Å². The molecule has 1 aliphatic heterocycles. The molecule has 1 fully saturated rings. The molecular formula is C40H60N6O10S. The van der Waals surface area contributed by atoms with Crippen LogP contribution in [0.15, 0.2) is 29.6 Å². The second kappa shape index (κ2) is 22.5. The van der Waals surface area contributed by atoms with E-state index in [4.69, 9.17) is 4.74 Å². The van der Waals surface area contributed by atoms with Gasteiger partial charge in [0.05, 0.1) is 16.9 Å². The van der Waals surface area contributed by atoms with E-state index in [0.29, 0.717) is 24.9 Å². The lowest BCUT2D eigenvalue weighted by Gasteiger charge is -2.38. The minimum Gasteiger partial charge on any atom is -0.481 e. The number of carbonyl (C=O) groups is 5. The van der Waals surface area contributed by atoms with Gasteiger partial charge in [0.1, 0.15) is 22.8 Å². The van der Waals surface area contributed by atoms with E-state index in [9.17, 15) is 44.3 Å². The SMILES string of the molecule is CC[C@H](C)[C@H](NC(=O)[C@H]1CCCCN1)C(=O)N(COC(=O)CC(C)C)[C@H](C[C@@H](O)c1nc(C(=O)N[C@@H](Cc2ccc([N+](=O)[O-])cc2)CC(C)C(=O)O)cs1)C(C)C. The van der Waals surface area contributed by atoms with Crippen molar-refractivity contribution in [3.63, 3.8) is 0 Å². The van der Waals surface area contributed by atoms with Crippen LogP contribution < -0.4 is 16.0 Å². The van der Waals surface area contributed by atoms with Crippen molar-refractivity contribution in [1.29, 1.82) is 0 Å². The zero-order valence-electron chi connectivity index (χ0n) is 34.1. The summed E-state index contributed by atoms with van der Waals surface area (Å²) in [6.07, 6.45) is 2.26. The van der Waals surface area contributed by atoms with Crippen molar-refractivity contribution >= 4 is 46.7 Å². The third kappa shape index (κ3) is 14.4. The summed E-state index contributed by atoms with van der Waals surface area (Å²) in [5, 5.41) is 43.0. The smallest absolute Gasteiger partial charge is 0.307 e. The molecule has 0 radical (unpaired) electrons. The van der Waals surface area contributed by atoms with Gasteiger partial charge in [-0.05, 0) is 55.5 Å². The Morgan fingerprint density at radius 1 is 1.05 bits per heavy atom. The maximum absolute atomic E-state index is 14.5. The van der Waals surface area contributed by atoms with Gasteiger partial charge in [0, 0.05) is 42.4 Å². The molecule has 316 valence electrons. The molecule has 2 heterocycles. The number of carbonyl (C=O) groups excluding carboxylic acids is 4. The number of aliphatic carboxylic acids is 1. The maximum atomic E-state index is 14.5. The highest BCUT2D eigenvalue weighted by atomic mass is 32.1. The van der Waals surface area contributed by atoms with Crippen LogP contribution in [0.4, 0.5) is 5.69 Å². The Labute approximate surface area is 338 Å². The number of carboxylic acids is 1. The highest BCUT2D eigenvalue weighted by molar-refractivity contribution is 7.09. The molecule has 1 aromatic carbocycles. The van der Waals surface area contributed by atoms with Crippen LogP contribution in [0.3, 0.4) is 0 Å². The van der Waals surface area contributed by atoms with Crippen LogP contribution in [0.25, 0.3) is 0 Å². The number of non-ortho nitro benzene ring substituents is 1. The molecule has 1 unspecified atom stereocenters. The fourth-order valence-electron chi connectivity index (χ4n) is 6.70. The lowest BCUT2D eigenvalue weighted by atomic mass is 9.92. The van der Waals surface area contributed by atoms with E-state index in [1.165, 1.54) is 29.3 Å². The van der Waals surface area contributed by atoms with E-state index in [1.54, 1.807) is 12.1 Å². The summed E-state index contributed by atoms with van der Waals surface area (Å²) >= 11 is 1.05. The average Bonchev–Trinajstić information content (AvgIpc) is 3.67. The molecule has 16 nitrogen and oxygen atoms in total. The van der Waals surface area contributed by atoms with Gasteiger partial charge < -0.3 is 35.8 Å². The van der Waals surface area contributed by atoms with Gasteiger partial charge in [-0.2, -0.15) is 0 Å². The van der Waals surface area contributed by atoms with Crippen molar-refractivity contribution in [3.8, 4) is 0 Å². The van der Waals surface area contributed by atoms with Gasteiger partial charge in [-0.1, -0.05) is 73.4 Å². The van der Waals surface area contributed by atoms with Crippen molar-refractivity contribution in [3.05, 3.63) is 56.0 Å². The number of amides is 3. The van der Waals surface area contributed by atoms with Crippen molar-refractivity contribution in [2.24, 2.45) is 23.7 Å². The lowest BCUT2D eigenvalue weighted by molar-refractivity contribution is -0.384. The highest BCUT2D eigenvalue weighted by Crippen LogP contribution is 2.29. The van der Waals surface area contributed by atoms with Crippen LogP contribution in [0.2, 0.25) is 0 Å². The van der Waals surface area contributed by atoms with E-state index in [-0.39, 0.29) is 72.5 Å². The number of aromatic nitrogens is 1. The number of rotatable bonds is 22. The van der Waals surface area contributed by atoms with Crippen molar-refractivity contribution in [1.82, 2.24) is 25.8 Å². The van der Waals surface area contributed by atoms with E-state index in [0.717, 1.165) is 24.2 Å². The lowest BCUT2D eigenvalue weighted by Crippen LogP contribution is -2.59. The Morgan fingerprint density at radius 3 is 2.30 bits per heavy atom. The average molecular weight is 817 g/mol. The summed E-state index contributed by atoms with van der Waals surface area (Å²) in [6, 6.07) is 3.10. The number of piperidine rings is 1. The molecule has 0 saturated carbocycles. The third-order valence-corrected chi connectivity index (χ3v) is 11.3. The first-order chi connectivity index (χ1) is 26.9. The molecule has 1 aliphatic rings. The predicted octanol–water partition coefficient (Wildman–Crippen LogP) is 5.00. The second-order valence-corrected chi connectivity index (χ2v) is 16.7. The van der Waals surface area contributed by atoms with Gasteiger partial charge in [0.2, 0.25) is 11.8 Å². The summed E-state index contributed by atoms with van der Waals surface area (Å²) in [6.45, 7) is 13.1. The number of ether oxygens (including phenoxy) is 1. The van der Waals surface area contributed by atoms with Crippen LogP contribution in [-0.4, -0.2) is 92.1 Å². The largest absolute Gasteiger partial charge is 0.481 e. The third-order valence-electron chi connectivity index (χ3n) is 10.3. The van der Waals surface area contributed by atoms with Crippen LogP contribution in [0, 0.1) is 33.8 Å². The number of benzene rings is 1. The van der Waals surface area contributed by atoms with Gasteiger partial charge in [-0.15, -0.1) is 11.3 Å². The summed E-state index contributed by atoms with van der Waals surface area (Å²) < 4.78 is 5.64. The monoisotopic (exact) mass is 816 g/mol. The molecule has 7 atom stereocenters. The molecule has 1 saturated heterocycles. The van der Waals surface area contributed by atoms with Gasteiger partial charge in [0.25, 0.3) is 11.6 Å². The van der Waals surface area contributed by atoms with Crippen LogP contribution in [0.5, 0.6) is 0 Å². The zero-order chi connectivity index (χ0) is 42.4. The summed E-state index contributed by atoms with van der Waals surface area (Å²) in [7, 11) is 0. The standard InChI is InChI=1S/C40H60N6O10S/c1-8-25(6)35(44-36(49)30-11-9-10-16-41-30)39(51)45(22-56-34(48)17-23(2)3)32(24(4)5)20-33(47)38-43-31(21-57-38)37(50)42-28(18-26(7)40(52)53)19-27-12-14-29(15-13-27)46(54)55/h12-15,21,23-26,28,30,32-33,35,41,47H,8-11,16-20,22H2,1-7H3,(H,42,50)(H,44,49)(H,52,53)/t25-,26?,28+,30+,32+,33+,35-/m0/s1. The first-order valence-electron chi connectivity index (χ1n) is 19.8. The number of thiazole rings is 1. The quantitative estimate of drug-likeness (QED) is 0.0458. The maximum Gasteiger partial charge on any atom is 0.307 e. The number of aliphatic hydroxyl groups is 1. The Bertz CT molecular complexity index is 1660. The van der Waals surface area contributed by atoms with E-state index in [2.05, 4.69) is 20.9 Å². The number of nitrogens with zero attached hydrogens (tertiary/aromatic N) is 3. The number of aliphatic hydroxyl groups excluding tert-OH is 1. The molecule has 3 rings (SSSR count). The Morgan fingerprint density at radius 2 is 1.74 bits per heavy atom. The Balaban J connectivity index is 1.85. The number of nitro groups is 1. The van der Waals surface area contributed by atoms with Crippen molar-refractivity contribution < 1.29 is 43.8 Å². The number of hydrogen-bond donors (Lipinski definition) is 5. The molecule has 3 amide bonds. The number of carboxylic acid groups (broad SMARTS) is 1. The molecule has 0 bridgehead atoms.